The first-order valence-electron chi connectivity index (χ1n) is 16.4. The number of hydrogen-bond acceptors (Lipinski definition) is 7. The summed E-state index contributed by atoms with van der Waals surface area (Å²) in [5, 5.41) is 12.6. The Bertz CT molecular complexity index is 1220. The van der Waals surface area contributed by atoms with Gasteiger partial charge in [0.15, 0.2) is 0 Å². The number of nitrogens with zero attached hydrogens (tertiary/aromatic N) is 2. The van der Waals surface area contributed by atoms with Gasteiger partial charge in [-0.05, 0) is 44.6 Å². The molecule has 3 aliphatic rings. The third kappa shape index (κ3) is 7.17. The van der Waals surface area contributed by atoms with Crippen LogP contribution >= 0.6 is 0 Å². The number of aliphatic hydroxyl groups excluding tert-OH is 1. The number of carbonyl (C=O) groups excluding carboxylic acids is 4. The van der Waals surface area contributed by atoms with Gasteiger partial charge in [-0.15, -0.1) is 13.2 Å². The fraction of sp³-hybridized carbons (Fsp3) is 0.600. The molecule has 0 aromatic heterocycles. The quantitative estimate of drug-likeness (QED) is 0.145. The van der Waals surface area contributed by atoms with Crippen LogP contribution in [-0.4, -0.2) is 88.6 Å². The Morgan fingerprint density at radius 2 is 1.96 bits per heavy atom. The molecular weight excluding hydrogens is 574 g/mol. The maximum atomic E-state index is 14.3. The minimum atomic E-state index is -1.16. The van der Waals surface area contributed by atoms with E-state index in [2.05, 4.69) is 25.4 Å². The molecule has 10 nitrogen and oxygen atoms in total. The van der Waals surface area contributed by atoms with Crippen LogP contribution in [0.1, 0.15) is 76.9 Å². The zero-order chi connectivity index (χ0) is 32.6. The average Bonchev–Trinajstić information content (AvgIpc) is 3.68. The van der Waals surface area contributed by atoms with Gasteiger partial charge in [0.1, 0.15) is 17.7 Å². The Balaban J connectivity index is 1.63. The summed E-state index contributed by atoms with van der Waals surface area (Å²) in [6.45, 7) is 12.3. The second kappa shape index (κ2) is 15.7. The third-order valence-corrected chi connectivity index (χ3v) is 9.35. The van der Waals surface area contributed by atoms with Gasteiger partial charge < -0.3 is 29.7 Å². The molecular formula is C35H49N3O7. The molecule has 45 heavy (non-hydrogen) atoms. The van der Waals surface area contributed by atoms with Gasteiger partial charge >= 0.3 is 5.97 Å². The number of nitrogens with one attached hydrogen (secondary N) is 1. The fourth-order valence-corrected chi connectivity index (χ4v) is 7.29. The van der Waals surface area contributed by atoms with E-state index in [9.17, 15) is 24.3 Å². The molecule has 3 saturated heterocycles. The van der Waals surface area contributed by atoms with Crippen LogP contribution in [0.3, 0.4) is 0 Å². The number of hydrogen-bond donors (Lipinski definition) is 2. The van der Waals surface area contributed by atoms with Crippen LogP contribution in [-0.2, 0) is 28.7 Å². The number of carbonyl (C=O) groups is 4. The molecule has 1 aromatic carbocycles. The summed E-state index contributed by atoms with van der Waals surface area (Å²) < 4.78 is 12.7. The first kappa shape index (κ1) is 34.4. The topological polar surface area (TPSA) is 125 Å². The molecule has 246 valence electrons. The number of aliphatic hydroxyl groups is 1. The smallest absolute Gasteiger partial charge is 0.313 e. The number of unbranched alkanes of at least 4 members (excludes halogenated alkanes) is 2. The molecule has 4 rings (SSSR count). The van der Waals surface area contributed by atoms with Crippen LogP contribution in [0, 0.1) is 11.8 Å². The van der Waals surface area contributed by atoms with E-state index >= 15 is 0 Å². The van der Waals surface area contributed by atoms with Gasteiger partial charge in [0.2, 0.25) is 17.7 Å². The molecule has 3 amide bonds. The summed E-state index contributed by atoms with van der Waals surface area (Å²) in [5.74, 6) is -3.08. The van der Waals surface area contributed by atoms with Crippen molar-refractivity contribution in [3.63, 3.8) is 0 Å². The number of likely N-dealkylation sites (tertiary alicyclic amines) is 1. The van der Waals surface area contributed by atoms with Crippen molar-refractivity contribution >= 4 is 23.7 Å². The standard InChI is InChI=1S/C35H49N3O7/c1-5-8-13-21-37(20-7-3)33(42)31-35-19-18-26(45-35)28(29(35)32(41)38(31)22-14-23-39)34(43)44-30(25-15-11-10-12-16-25)24(4)36-27(40)17-9-6-2/h6-7,10-12,15-16,24,26,28-31,39H,2-3,5,8-9,13-14,17-23H2,1,4H3,(H,36,40)/t24-,26-,28+,29+,30-,31-,35+/m1/s1. The number of esters is 1. The Kier molecular flexibility index (Phi) is 12.0. The van der Waals surface area contributed by atoms with Crippen LogP contribution in [0.25, 0.3) is 0 Å². The van der Waals surface area contributed by atoms with E-state index in [0.717, 1.165) is 19.3 Å². The van der Waals surface area contributed by atoms with Crippen molar-refractivity contribution in [2.45, 2.75) is 95.1 Å². The first-order chi connectivity index (χ1) is 21.7. The minimum Gasteiger partial charge on any atom is -0.455 e. The van der Waals surface area contributed by atoms with Gasteiger partial charge in [0.25, 0.3) is 0 Å². The van der Waals surface area contributed by atoms with E-state index in [1.807, 2.05) is 30.3 Å². The molecule has 3 heterocycles. The van der Waals surface area contributed by atoms with Crippen LogP contribution < -0.4 is 5.32 Å². The maximum absolute atomic E-state index is 14.3. The summed E-state index contributed by atoms with van der Waals surface area (Å²) >= 11 is 0. The number of ether oxygens (including phenoxy) is 2. The average molecular weight is 624 g/mol. The number of fused-ring (bicyclic) bond motifs is 1. The van der Waals surface area contributed by atoms with E-state index in [1.165, 1.54) is 4.90 Å². The Morgan fingerprint density at radius 3 is 2.62 bits per heavy atom. The van der Waals surface area contributed by atoms with Gasteiger partial charge in [-0.3, -0.25) is 19.2 Å². The lowest BCUT2D eigenvalue weighted by Gasteiger charge is -2.36. The zero-order valence-corrected chi connectivity index (χ0v) is 26.7. The van der Waals surface area contributed by atoms with E-state index in [4.69, 9.17) is 9.47 Å². The molecule has 2 N–H and O–H groups in total. The van der Waals surface area contributed by atoms with E-state index < -0.39 is 47.7 Å². The van der Waals surface area contributed by atoms with Crippen molar-refractivity contribution in [2.75, 3.05) is 26.2 Å². The van der Waals surface area contributed by atoms with Crippen molar-refractivity contribution in [2.24, 2.45) is 11.8 Å². The molecule has 2 bridgehead atoms. The van der Waals surface area contributed by atoms with E-state index in [1.54, 1.807) is 24.0 Å². The van der Waals surface area contributed by atoms with Crippen molar-refractivity contribution < 1.29 is 33.8 Å². The molecule has 1 spiro atoms. The van der Waals surface area contributed by atoms with Crippen LogP contribution in [0.5, 0.6) is 0 Å². The van der Waals surface area contributed by atoms with E-state index in [0.29, 0.717) is 44.3 Å². The maximum Gasteiger partial charge on any atom is 0.313 e. The highest BCUT2D eigenvalue weighted by Gasteiger charge is 2.75. The monoisotopic (exact) mass is 623 g/mol. The van der Waals surface area contributed by atoms with Crippen molar-refractivity contribution in [1.29, 1.82) is 0 Å². The Hall–Kier alpha value is -3.50. The summed E-state index contributed by atoms with van der Waals surface area (Å²) in [5.41, 5.74) is -0.446. The molecule has 0 unspecified atom stereocenters. The molecule has 3 fully saturated rings. The number of amides is 3. The molecule has 3 aliphatic heterocycles. The molecule has 0 radical (unpaired) electrons. The van der Waals surface area contributed by atoms with E-state index in [-0.39, 0.29) is 37.3 Å². The fourth-order valence-electron chi connectivity index (χ4n) is 7.29. The van der Waals surface area contributed by atoms with Crippen LogP contribution in [0.15, 0.2) is 55.6 Å². The normalized spacial score (nSPS) is 26.2. The van der Waals surface area contributed by atoms with Gasteiger partial charge in [0, 0.05) is 32.7 Å². The third-order valence-electron chi connectivity index (χ3n) is 9.35. The van der Waals surface area contributed by atoms with Gasteiger partial charge in [-0.25, -0.2) is 0 Å². The number of benzene rings is 1. The van der Waals surface area contributed by atoms with Crippen molar-refractivity contribution in [3.8, 4) is 0 Å². The second-order valence-electron chi connectivity index (χ2n) is 12.4. The molecule has 0 aliphatic carbocycles. The highest BCUT2D eigenvalue weighted by Crippen LogP contribution is 2.59. The summed E-state index contributed by atoms with van der Waals surface area (Å²) in [6.07, 6.45) is 6.86. The highest BCUT2D eigenvalue weighted by molar-refractivity contribution is 5.98. The largest absolute Gasteiger partial charge is 0.455 e. The number of allylic oxidation sites excluding steroid dienone is 1. The zero-order valence-electron chi connectivity index (χ0n) is 26.7. The Morgan fingerprint density at radius 1 is 1.20 bits per heavy atom. The first-order valence-corrected chi connectivity index (χ1v) is 16.4. The lowest BCUT2D eigenvalue weighted by Crippen LogP contribution is -2.56. The lowest BCUT2D eigenvalue weighted by atomic mass is 9.70. The summed E-state index contributed by atoms with van der Waals surface area (Å²) in [4.78, 5) is 58.4. The van der Waals surface area contributed by atoms with Crippen LogP contribution in [0.2, 0.25) is 0 Å². The Labute approximate surface area is 266 Å². The molecule has 1 aromatic rings. The highest BCUT2D eigenvalue weighted by atomic mass is 16.6. The second-order valence-corrected chi connectivity index (χ2v) is 12.4. The molecule has 7 atom stereocenters. The van der Waals surface area contributed by atoms with Crippen molar-refractivity contribution in [3.05, 3.63) is 61.2 Å². The predicted octanol–water partition coefficient (Wildman–Crippen LogP) is 3.70. The summed E-state index contributed by atoms with van der Waals surface area (Å²) in [7, 11) is 0. The number of rotatable bonds is 18. The van der Waals surface area contributed by atoms with Gasteiger partial charge in [-0.1, -0.05) is 62.2 Å². The van der Waals surface area contributed by atoms with Gasteiger partial charge in [-0.2, -0.15) is 0 Å². The SMILES string of the molecule is C=CCCC(=O)N[C@H](C)[C@@H](OC(=O)[C@@H]1[C@H]2C(=O)N(CCCO)[C@H](C(=O)N(CC=C)CCCCC)[C@]23CC[C@H]1O3)c1ccccc1. The lowest BCUT2D eigenvalue weighted by molar-refractivity contribution is -0.162. The predicted molar refractivity (Wildman–Crippen MR) is 170 cm³/mol. The van der Waals surface area contributed by atoms with Crippen LogP contribution in [0.4, 0.5) is 0 Å². The van der Waals surface area contributed by atoms with Crippen molar-refractivity contribution in [1.82, 2.24) is 15.1 Å². The molecule has 10 heteroatoms. The summed E-state index contributed by atoms with van der Waals surface area (Å²) in [6, 6.07) is 7.75. The van der Waals surface area contributed by atoms with Gasteiger partial charge in [0.05, 0.1) is 24.0 Å². The molecule has 0 saturated carbocycles. The minimum absolute atomic E-state index is 0.140.